The number of para-hydroxylation sites is 1. The van der Waals surface area contributed by atoms with Crippen molar-refractivity contribution in [2.75, 3.05) is 6.16 Å². The zero-order chi connectivity index (χ0) is 13.8. The van der Waals surface area contributed by atoms with Gasteiger partial charge in [0.25, 0.3) is 0 Å². The van der Waals surface area contributed by atoms with Crippen molar-refractivity contribution >= 4 is 24.4 Å². The second kappa shape index (κ2) is 6.33. The molecule has 0 aliphatic carbocycles. The van der Waals surface area contributed by atoms with Crippen LogP contribution in [0.15, 0.2) is 65.7 Å². The Hall–Kier alpha value is -1.46. The number of hydrogen-bond acceptors (Lipinski definition) is 1. The maximum atomic E-state index is 5.01. The van der Waals surface area contributed by atoms with E-state index in [0.717, 1.165) is 5.69 Å². The summed E-state index contributed by atoms with van der Waals surface area (Å²) in [5.74, 6) is 0.668. The highest BCUT2D eigenvalue weighted by Gasteiger charge is 2.31. The zero-order valence-electron chi connectivity index (χ0n) is 11.9. The average Bonchev–Trinajstić information content (AvgIpc) is 2.92. The number of aliphatic imine (C=N–C) groups is 1. The van der Waals surface area contributed by atoms with E-state index < -0.39 is 0 Å². The molecule has 2 unspecified atom stereocenters. The van der Waals surface area contributed by atoms with Gasteiger partial charge >= 0.3 is 0 Å². The molecule has 0 radical (unpaired) electrons. The normalized spacial score (nSPS) is 24.1. The maximum absolute atomic E-state index is 5.01. The molecule has 3 rings (SSSR count). The van der Waals surface area contributed by atoms with Crippen LogP contribution in [0.1, 0.15) is 19.8 Å². The minimum absolute atomic E-state index is 0.222. The van der Waals surface area contributed by atoms with Gasteiger partial charge < -0.3 is 0 Å². The van der Waals surface area contributed by atoms with Crippen LogP contribution in [0.3, 0.4) is 0 Å². The Balaban J connectivity index is 1.97. The Morgan fingerprint density at radius 1 is 1.00 bits per heavy atom. The van der Waals surface area contributed by atoms with Gasteiger partial charge in [0.1, 0.15) is 0 Å². The third kappa shape index (κ3) is 2.83. The Kier molecular flexibility index (Phi) is 4.28. The molecule has 1 aliphatic rings. The molecule has 0 amide bonds. The highest BCUT2D eigenvalue weighted by atomic mass is 31.1. The Morgan fingerprint density at radius 2 is 1.65 bits per heavy atom. The van der Waals surface area contributed by atoms with Gasteiger partial charge in [-0.25, -0.2) is 0 Å². The van der Waals surface area contributed by atoms with E-state index in [-0.39, 0.29) is 7.92 Å². The second-order valence-electron chi connectivity index (χ2n) is 5.19. The lowest BCUT2D eigenvalue weighted by molar-refractivity contribution is 0.668. The van der Waals surface area contributed by atoms with Crippen LogP contribution in [-0.4, -0.2) is 11.6 Å². The van der Waals surface area contributed by atoms with Gasteiger partial charge in [0.15, 0.2) is 0 Å². The molecule has 1 nitrogen and oxygen atoms in total. The quantitative estimate of drug-likeness (QED) is 0.706. The molecule has 1 aliphatic heterocycles. The summed E-state index contributed by atoms with van der Waals surface area (Å²) in [6, 6.07) is 21.3. The van der Waals surface area contributed by atoms with E-state index in [4.69, 9.17) is 4.99 Å². The summed E-state index contributed by atoms with van der Waals surface area (Å²) >= 11 is 0. The molecule has 0 aromatic heterocycles. The van der Waals surface area contributed by atoms with Gasteiger partial charge in [0.2, 0.25) is 0 Å². The summed E-state index contributed by atoms with van der Waals surface area (Å²) < 4.78 is 0. The van der Waals surface area contributed by atoms with Crippen molar-refractivity contribution in [3.63, 3.8) is 0 Å². The van der Waals surface area contributed by atoms with Crippen LogP contribution in [0.4, 0.5) is 5.69 Å². The lowest BCUT2D eigenvalue weighted by atomic mass is 10.1. The fourth-order valence-corrected chi connectivity index (χ4v) is 5.63. The molecule has 0 spiro atoms. The number of benzene rings is 2. The molecule has 20 heavy (non-hydrogen) atoms. The maximum Gasteiger partial charge on any atom is 0.0633 e. The molecule has 2 aromatic rings. The lowest BCUT2D eigenvalue weighted by Gasteiger charge is -2.15. The molecule has 0 bridgehead atoms. The summed E-state index contributed by atoms with van der Waals surface area (Å²) in [6.45, 7) is 2.29. The molecule has 102 valence electrons. The van der Waals surface area contributed by atoms with Crippen LogP contribution in [0.25, 0.3) is 0 Å². The summed E-state index contributed by atoms with van der Waals surface area (Å²) in [5.41, 5.74) is 2.55. The number of nitrogens with zero attached hydrogens (tertiary/aromatic N) is 1. The van der Waals surface area contributed by atoms with E-state index in [0.29, 0.717) is 5.92 Å². The fourth-order valence-electron chi connectivity index (χ4n) is 2.79. The minimum Gasteiger partial charge on any atom is -0.252 e. The van der Waals surface area contributed by atoms with Crippen molar-refractivity contribution in [1.29, 1.82) is 0 Å². The van der Waals surface area contributed by atoms with Crippen molar-refractivity contribution in [2.24, 2.45) is 10.9 Å². The van der Waals surface area contributed by atoms with Crippen LogP contribution >= 0.6 is 7.92 Å². The Morgan fingerprint density at radius 3 is 2.30 bits per heavy atom. The molecule has 1 fully saturated rings. The van der Waals surface area contributed by atoms with E-state index in [1.165, 1.54) is 29.8 Å². The van der Waals surface area contributed by atoms with Crippen LogP contribution in [0, 0.1) is 5.92 Å². The predicted octanol–water partition coefficient (Wildman–Crippen LogP) is 4.95. The van der Waals surface area contributed by atoms with Gasteiger partial charge in [-0.3, -0.25) is 4.99 Å². The van der Waals surface area contributed by atoms with E-state index in [1.54, 1.807) is 0 Å². The summed E-state index contributed by atoms with van der Waals surface area (Å²) in [5, 5.41) is 1.48. The summed E-state index contributed by atoms with van der Waals surface area (Å²) in [7, 11) is -0.222. The van der Waals surface area contributed by atoms with Crippen molar-refractivity contribution in [3.8, 4) is 0 Å². The minimum atomic E-state index is -0.222. The standard InChI is InChI=1S/C18H20NP/c1-2-15-13-14-20(17-11-7-4-8-12-17)18(15)19-16-9-5-3-6-10-16/h3-12,15H,2,13-14H2,1H3. The summed E-state index contributed by atoms with van der Waals surface area (Å²) in [4.78, 5) is 5.01. The van der Waals surface area contributed by atoms with Gasteiger partial charge in [-0.05, 0) is 44.4 Å². The molecule has 1 heterocycles. The SMILES string of the molecule is CCC1CCP(c2ccccc2)C1=Nc1ccccc1. The van der Waals surface area contributed by atoms with E-state index in [9.17, 15) is 0 Å². The van der Waals surface area contributed by atoms with E-state index >= 15 is 0 Å². The van der Waals surface area contributed by atoms with Crippen molar-refractivity contribution in [3.05, 3.63) is 60.7 Å². The first-order chi connectivity index (χ1) is 9.88. The van der Waals surface area contributed by atoms with Gasteiger partial charge in [-0.15, -0.1) is 0 Å². The number of hydrogen-bond donors (Lipinski definition) is 0. The first-order valence-corrected chi connectivity index (χ1v) is 8.87. The average molecular weight is 281 g/mol. The lowest BCUT2D eigenvalue weighted by Crippen LogP contribution is -2.09. The topological polar surface area (TPSA) is 12.4 Å². The van der Waals surface area contributed by atoms with E-state index in [2.05, 4.69) is 67.6 Å². The highest BCUT2D eigenvalue weighted by Crippen LogP contribution is 2.49. The fraction of sp³-hybridized carbons (Fsp3) is 0.278. The molecular weight excluding hydrogens is 261 g/mol. The van der Waals surface area contributed by atoms with Crippen molar-refractivity contribution in [2.45, 2.75) is 19.8 Å². The summed E-state index contributed by atoms with van der Waals surface area (Å²) in [6.07, 6.45) is 3.80. The predicted molar refractivity (Wildman–Crippen MR) is 89.8 cm³/mol. The molecule has 2 heteroatoms. The van der Waals surface area contributed by atoms with Crippen molar-refractivity contribution in [1.82, 2.24) is 0 Å². The Bertz CT molecular complexity index is 577. The van der Waals surface area contributed by atoms with Crippen LogP contribution in [-0.2, 0) is 0 Å². The molecule has 2 aromatic carbocycles. The van der Waals surface area contributed by atoms with E-state index in [1.807, 2.05) is 0 Å². The molecule has 0 N–H and O–H groups in total. The van der Waals surface area contributed by atoms with Gasteiger partial charge in [0, 0.05) is 11.4 Å². The van der Waals surface area contributed by atoms with Crippen molar-refractivity contribution < 1.29 is 0 Å². The zero-order valence-corrected chi connectivity index (χ0v) is 12.8. The van der Waals surface area contributed by atoms with Gasteiger partial charge in [-0.2, -0.15) is 0 Å². The molecular formula is C18H20NP. The van der Waals surface area contributed by atoms with Gasteiger partial charge in [0.05, 0.1) is 5.69 Å². The number of rotatable bonds is 3. The van der Waals surface area contributed by atoms with Crippen LogP contribution < -0.4 is 5.30 Å². The molecule has 1 saturated heterocycles. The van der Waals surface area contributed by atoms with Crippen LogP contribution in [0.5, 0.6) is 0 Å². The smallest absolute Gasteiger partial charge is 0.0633 e. The first-order valence-electron chi connectivity index (χ1n) is 7.34. The first kappa shape index (κ1) is 13.5. The molecule has 2 atom stereocenters. The monoisotopic (exact) mass is 281 g/mol. The third-order valence-corrected chi connectivity index (χ3v) is 6.55. The second-order valence-corrected chi connectivity index (χ2v) is 7.46. The largest absolute Gasteiger partial charge is 0.252 e. The Labute approximate surface area is 122 Å². The van der Waals surface area contributed by atoms with Crippen LogP contribution in [0.2, 0.25) is 0 Å². The third-order valence-electron chi connectivity index (χ3n) is 3.90. The van der Waals surface area contributed by atoms with Gasteiger partial charge in [-0.1, -0.05) is 55.5 Å². The molecule has 0 saturated carbocycles. The highest BCUT2D eigenvalue weighted by molar-refractivity contribution is 7.82.